The maximum atomic E-state index is 11.0. The molecular weight excluding hydrogens is 315 g/mol. The summed E-state index contributed by atoms with van der Waals surface area (Å²) in [6.45, 7) is 0. The molecule has 2 N–H and O–H groups in total. The minimum Gasteiger partial charge on any atom is -0.282 e. The summed E-state index contributed by atoms with van der Waals surface area (Å²) in [6, 6.07) is 5.01. The molecule has 0 saturated carbocycles. The number of halogens is 2. The number of hydrogen-bond donors (Lipinski definition) is 2. The first-order valence-electron chi connectivity index (χ1n) is 4.40. The van der Waals surface area contributed by atoms with E-state index >= 15 is 0 Å². The van der Waals surface area contributed by atoms with Crippen LogP contribution in [0, 0.1) is 22.7 Å². The van der Waals surface area contributed by atoms with Crippen LogP contribution in [0.25, 0.3) is 0 Å². The Kier molecular flexibility index (Phi) is 4.70. The predicted molar refractivity (Wildman–Crippen MR) is 68.6 cm³/mol. The second-order valence-electron chi connectivity index (χ2n) is 3.03. The van der Waals surface area contributed by atoms with Crippen molar-refractivity contribution in [3.63, 3.8) is 0 Å². The molecule has 1 rings (SSSR count). The first-order valence-corrected chi connectivity index (χ1v) is 6.59. The van der Waals surface area contributed by atoms with E-state index in [0.717, 1.165) is 12.1 Å². The molecule has 10 heteroatoms. The highest BCUT2D eigenvalue weighted by molar-refractivity contribution is 7.86. The van der Waals surface area contributed by atoms with E-state index in [0.29, 0.717) is 0 Å². The summed E-state index contributed by atoms with van der Waals surface area (Å²) in [5, 5.41) is 19.9. The van der Waals surface area contributed by atoms with Crippen molar-refractivity contribution in [2.24, 2.45) is 5.10 Å². The molecule has 0 bridgehead atoms. The zero-order valence-electron chi connectivity index (χ0n) is 8.92. The van der Waals surface area contributed by atoms with Crippen molar-refractivity contribution in [1.29, 1.82) is 10.5 Å². The molecule has 0 heterocycles. The number of benzene rings is 1. The van der Waals surface area contributed by atoms with E-state index in [4.69, 9.17) is 38.3 Å². The lowest BCUT2D eigenvalue weighted by Gasteiger charge is -2.07. The van der Waals surface area contributed by atoms with Crippen LogP contribution in [0.2, 0.25) is 10.0 Å². The lowest BCUT2D eigenvalue weighted by atomic mass is 10.3. The van der Waals surface area contributed by atoms with Crippen LogP contribution in [0.3, 0.4) is 0 Å². The van der Waals surface area contributed by atoms with Gasteiger partial charge in [-0.05, 0) is 12.1 Å². The summed E-state index contributed by atoms with van der Waals surface area (Å²) in [5.74, 6) is 0. The Bertz CT molecular complexity index is 715. The molecule has 7 nitrogen and oxygen atoms in total. The molecule has 0 aliphatic rings. The molecule has 0 aliphatic carbocycles. The Morgan fingerprint density at radius 1 is 1.26 bits per heavy atom. The van der Waals surface area contributed by atoms with Crippen LogP contribution < -0.4 is 5.43 Å². The number of nitriles is 2. The van der Waals surface area contributed by atoms with Gasteiger partial charge in [-0.25, -0.2) is 0 Å². The summed E-state index contributed by atoms with van der Waals surface area (Å²) in [4.78, 5) is -0.561. The number of nitrogens with zero attached hydrogens (tertiary/aromatic N) is 3. The van der Waals surface area contributed by atoms with Crippen LogP contribution in [0.1, 0.15) is 0 Å². The fraction of sp³-hybridized carbons (Fsp3) is 0. The highest BCUT2D eigenvalue weighted by Crippen LogP contribution is 2.31. The molecule has 0 fully saturated rings. The second kappa shape index (κ2) is 5.87. The van der Waals surface area contributed by atoms with E-state index in [1.54, 1.807) is 0 Å². The third-order valence-electron chi connectivity index (χ3n) is 1.80. The van der Waals surface area contributed by atoms with Gasteiger partial charge in [-0.2, -0.15) is 24.0 Å². The lowest BCUT2D eigenvalue weighted by Crippen LogP contribution is -2.01. The average molecular weight is 319 g/mol. The van der Waals surface area contributed by atoms with Gasteiger partial charge in [0.25, 0.3) is 10.1 Å². The summed E-state index contributed by atoms with van der Waals surface area (Å²) in [5.41, 5.74) is 1.90. The van der Waals surface area contributed by atoms with Crippen LogP contribution >= 0.6 is 23.2 Å². The van der Waals surface area contributed by atoms with Gasteiger partial charge in [0.15, 0.2) is 0 Å². The molecule has 0 saturated heterocycles. The van der Waals surface area contributed by atoms with Gasteiger partial charge in [-0.1, -0.05) is 23.2 Å². The van der Waals surface area contributed by atoms with Crippen molar-refractivity contribution in [1.82, 2.24) is 0 Å². The van der Waals surface area contributed by atoms with Crippen molar-refractivity contribution < 1.29 is 13.0 Å². The molecule has 0 radical (unpaired) electrons. The summed E-state index contributed by atoms with van der Waals surface area (Å²) in [6.07, 6.45) is 0. The molecule has 0 aromatic heterocycles. The van der Waals surface area contributed by atoms with Crippen LogP contribution in [0.5, 0.6) is 0 Å². The van der Waals surface area contributed by atoms with Gasteiger partial charge in [0.1, 0.15) is 17.0 Å². The average Bonchev–Trinajstić information content (AvgIpc) is 2.32. The highest BCUT2D eigenvalue weighted by atomic mass is 35.5. The molecule has 98 valence electrons. The molecule has 19 heavy (non-hydrogen) atoms. The zero-order chi connectivity index (χ0) is 14.6. The topological polar surface area (TPSA) is 126 Å². The SMILES string of the molecule is N#CC(C#N)=NNc1cc(Cl)c(S(=O)(=O)O)cc1Cl. The van der Waals surface area contributed by atoms with Crippen LogP contribution in [0.15, 0.2) is 22.1 Å². The third kappa shape index (κ3) is 3.81. The molecule has 0 spiro atoms. The fourth-order valence-corrected chi connectivity index (χ4v) is 2.30. The normalized spacial score (nSPS) is 10.2. The summed E-state index contributed by atoms with van der Waals surface area (Å²) < 4.78 is 30.8. The van der Waals surface area contributed by atoms with E-state index in [-0.39, 0.29) is 15.7 Å². The van der Waals surface area contributed by atoms with Gasteiger partial charge >= 0.3 is 0 Å². The first kappa shape index (κ1) is 15.2. The molecule has 1 aromatic carbocycles. The third-order valence-corrected chi connectivity index (χ3v) is 3.43. The van der Waals surface area contributed by atoms with Gasteiger partial charge in [0.2, 0.25) is 5.71 Å². The van der Waals surface area contributed by atoms with Gasteiger partial charge in [0, 0.05) is 0 Å². The predicted octanol–water partition coefficient (Wildman–Crippen LogP) is 2.06. The van der Waals surface area contributed by atoms with Crippen LogP contribution in [0.4, 0.5) is 5.69 Å². The number of nitrogens with one attached hydrogen (secondary N) is 1. The van der Waals surface area contributed by atoms with Crippen molar-refractivity contribution in [2.45, 2.75) is 4.90 Å². The van der Waals surface area contributed by atoms with Gasteiger partial charge < -0.3 is 0 Å². The smallest absolute Gasteiger partial charge is 0.282 e. The molecule has 1 aromatic rings. The molecule has 0 aliphatic heterocycles. The number of rotatable bonds is 3. The maximum absolute atomic E-state index is 11.0. The highest BCUT2D eigenvalue weighted by Gasteiger charge is 2.17. The van der Waals surface area contributed by atoms with Crippen LogP contribution in [-0.2, 0) is 10.1 Å². The summed E-state index contributed by atoms with van der Waals surface area (Å²) >= 11 is 11.4. The molecule has 0 atom stereocenters. The monoisotopic (exact) mass is 318 g/mol. The van der Waals surface area contributed by atoms with Crippen molar-refractivity contribution in [3.05, 3.63) is 22.2 Å². The number of anilines is 1. The minimum absolute atomic E-state index is 0.0714. The van der Waals surface area contributed by atoms with E-state index in [2.05, 4.69) is 10.5 Å². The lowest BCUT2D eigenvalue weighted by molar-refractivity contribution is 0.483. The number of hydrogen-bond acceptors (Lipinski definition) is 6. The number of hydrazone groups is 1. The molecule has 0 amide bonds. The Hall–Kier alpha value is -1.84. The summed E-state index contributed by atoms with van der Waals surface area (Å²) in [7, 11) is -4.50. The standard InChI is InChI=1S/C9H4Cl2N4O3S/c10-6-2-9(19(16,17)18)7(11)1-8(6)15-14-5(3-12)4-13/h1-2,15H,(H,16,17,18). The van der Waals surface area contributed by atoms with Crippen LogP contribution in [-0.4, -0.2) is 18.7 Å². The zero-order valence-corrected chi connectivity index (χ0v) is 11.3. The Morgan fingerprint density at radius 3 is 2.32 bits per heavy atom. The van der Waals surface area contributed by atoms with Crippen molar-refractivity contribution in [3.8, 4) is 12.1 Å². The van der Waals surface area contributed by atoms with Crippen molar-refractivity contribution in [2.75, 3.05) is 5.43 Å². The van der Waals surface area contributed by atoms with Gasteiger partial charge in [0.05, 0.1) is 15.7 Å². The largest absolute Gasteiger partial charge is 0.296 e. The van der Waals surface area contributed by atoms with E-state index in [1.807, 2.05) is 0 Å². The quantitative estimate of drug-likeness (QED) is 0.499. The minimum atomic E-state index is -4.50. The molecular formula is C9H4Cl2N4O3S. The Morgan fingerprint density at radius 2 is 1.84 bits per heavy atom. The fourth-order valence-electron chi connectivity index (χ4n) is 1.00. The van der Waals surface area contributed by atoms with E-state index < -0.39 is 20.7 Å². The Balaban J connectivity index is 3.23. The van der Waals surface area contributed by atoms with E-state index in [9.17, 15) is 8.42 Å². The maximum Gasteiger partial charge on any atom is 0.296 e. The second-order valence-corrected chi connectivity index (χ2v) is 5.24. The van der Waals surface area contributed by atoms with E-state index in [1.165, 1.54) is 12.1 Å². The van der Waals surface area contributed by atoms with Gasteiger partial charge in [-0.3, -0.25) is 9.98 Å². The Labute approximate surface area is 118 Å². The molecule has 0 unspecified atom stereocenters. The van der Waals surface area contributed by atoms with Gasteiger partial charge in [-0.15, -0.1) is 0 Å². The van der Waals surface area contributed by atoms with Crippen molar-refractivity contribution >= 4 is 44.7 Å². The first-order chi connectivity index (χ1) is 8.79.